The maximum atomic E-state index is 14.0. The molecule has 3 aromatic rings. The molecule has 0 amide bonds. The fourth-order valence-electron chi connectivity index (χ4n) is 3.74. The summed E-state index contributed by atoms with van der Waals surface area (Å²) >= 11 is 0. The number of pyridine rings is 1. The Morgan fingerprint density at radius 2 is 1.66 bits per heavy atom. The lowest BCUT2D eigenvalue weighted by Crippen LogP contribution is -2.49. The molecule has 29 heavy (non-hydrogen) atoms. The molecule has 1 fully saturated rings. The molecular weight excluding hydrogens is 393 g/mol. The van der Waals surface area contributed by atoms with Crippen LogP contribution in [0.5, 0.6) is 0 Å². The second-order valence-corrected chi connectivity index (χ2v) is 8.85. The molecule has 9 heteroatoms. The van der Waals surface area contributed by atoms with Crippen LogP contribution in [0.3, 0.4) is 0 Å². The van der Waals surface area contributed by atoms with Gasteiger partial charge in [0.05, 0.1) is 17.1 Å². The van der Waals surface area contributed by atoms with E-state index in [9.17, 15) is 12.8 Å². The van der Waals surface area contributed by atoms with Gasteiger partial charge in [0.15, 0.2) is 5.82 Å². The molecule has 4 rings (SSSR count). The number of aromatic nitrogens is 3. The van der Waals surface area contributed by atoms with Gasteiger partial charge in [-0.05, 0) is 38.1 Å². The lowest BCUT2D eigenvalue weighted by molar-refractivity contribution is 0.382. The number of halogens is 1. The first-order valence-electron chi connectivity index (χ1n) is 9.37. The van der Waals surface area contributed by atoms with E-state index >= 15 is 0 Å². The maximum absolute atomic E-state index is 14.0. The summed E-state index contributed by atoms with van der Waals surface area (Å²) in [4.78, 5) is 6.21. The van der Waals surface area contributed by atoms with E-state index in [4.69, 9.17) is 0 Å². The summed E-state index contributed by atoms with van der Waals surface area (Å²) in [5, 5.41) is 4.61. The number of hydrogen-bond acceptors (Lipinski definition) is 5. The zero-order chi connectivity index (χ0) is 20.6. The molecule has 1 aliphatic heterocycles. The van der Waals surface area contributed by atoms with Crippen LogP contribution in [0.4, 0.5) is 10.1 Å². The van der Waals surface area contributed by atoms with Crippen molar-refractivity contribution in [3.05, 3.63) is 65.9 Å². The number of benzene rings is 1. The molecule has 1 aromatic carbocycles. The van der Waals surface area contributed by atoms with Crippen molar-refractivity contribution in [3.8, 4) is 5.82 Å². The van der Waals surface area contributed by atoms with E-state index in [0.29, 0.717) is 13.1 Å². The Hall–Kier alpha value is -2.78. The SMILES string of the molecule is Cc1nn(-c2ccccn2)c(C)c1N1CCN(S(=O)(=O)c2ccccc2F)CC1. The molecule has 1 aliphatic rings. The van der Waals surface area contributed by atoms with Crippen LogP contribution in [0.25, 0.3) is 5.82 Å². The zero-order valence-electron chi connectivity index (χ0n) is 16.3. The quantitative estimate of drug-likeness (QED) is 0.655. The third-order valence-electron chi connectivity index (χ3n) is 5.13. The number of piperazine rings is 1. The van der Waals surface area contributed by atoms with Crippen LogP contribution in [0.1, 0.15) is 11.4 Å². The van der Waals surface area contributed by atoms with Gasteiger partial charge in [0, 0.05) is 32.4 Å². The van der Waals surface area contributed by atoms with Gasteiger partial charge < -0.3 is 4.90 Å². The van der Waals surface area contributed by atoms with Crippen molar-refractivity contribution in [1.82, 2.24) is 19.1 Å². The molecule has 7 nitrogen and oxygen atoms in total. The fourth-order valence-corrected chi connectivity index (χ4v) is 5.23. The molecule has 0 aliphatic carbocycles. The van der Waals surface area contributed by atoms with E-state index in [2.05, 4.69) is 15.0 Å². The monoisotopic (exact) mass is 415 g/mol. The van der Waals surface area contributed by atoms with Gasteiger partial charge >= 0.3 is 0 Å². The van der Waals surface area contributed by atoms with E-state index in [1.807, 2.05) is 32.0 Å². The summed E-state index contributed by atoms with van der Waals surface area (Å²) < 4.78 is 42.8. The summed E-state index contributed by atoms with van der Waals surface area (Å²) in [6.45, 7) is 5.48. The highest BCUT2D eigenvalue weighted by Gasteiger charge is 2.32. The van der Waals surface area contributed by atoms with Crippen LogP contribution in [0.2, 0.25) is 0 Å². The number of nitrogens with zero attached hydrogens (tertiary/aromatic N) is 5. The predicted molar refractivity (Wildman–Crippen MR) is 108 cm³/mol. The van der Waals surface area contributed by atoms with E-state index in [-0.39, 0.29) is 18.0 Å². The van der Waals surface area contributed by atoms with E-state index in [0.717, 1.165) is 22.9 Å². The van der Waals surface area contributed by atoms with Gasteiger partial charge in [0.25, 0.3) is 0 Å². The number of rotatable bonds is 4. The van der Waals surface area contributed by atoms with Crippen molar-refractivity contribution in [1.29, 1.82) is 0 Å². The van der Waals surface area contributed by atoms with Crippen LogP contribution >= 0.6 is 0 Å². The maximum Gasteiger partial charge on any atom is 0.246 e. The van der Waals surface area contributed by atoms with Crippen LogP contribution in [0.15, 0.2) is 53.6 Å². The van der Waals surface area contributed by atoms with Crippen LogP contribution in [-0.4, -0.2) is 53.7 Å². The topological polar surface area (TPSA) is 71.3 Å². The molecule has 0 atom stereocenters. The molecule has 0 spiro atoms. The predicted octanol–water partition coefficient (Wildman–Crippen LogP) is 2.53. The number of aryl methyl sites for hydroxylation is 1. The molecule has 2 aromatic heterocycles. The third-order valence-corrected chi connectivity index (χ3v) is 7.06. The Morgan fingerprint density at radius 1 is 0.966 bits per heavy atom. The highest BCUT2D eigenvalue weighted by Crippen LogP contribution is 2.28. The third kappa shape index (κ3) is 3.51. The minimum atomic E-state index is -3.86. The van der Waals surface area contributed by atoms with Gasteiger partial charge in [0.2, 0.25) is 10.0 Å². The largest absolute Gasteiger partial charge is 0.366 e. The van der Waals surface area contributed by atoms with Crippen LogP contribution < -0.4 is 4.90 Å². The fraction of sp³-hybridized carbons (Fsp3) is 0.300. The van der Waals surface area contributed by atoms with Crippen molar-refractivity contribution in [2.45, 2.75) is 18.7 Å². The standard InChI is InChI=1S/C20H22FN5O2S/c1-15-20(16(2)26(23-15)19-9-5-6-10-22-19)24-11-13-25(14-12-24)29(27,28)18-8-4-3-7-17(18)21/h3-10H,11-14H2,1-2H3. The average molecular weight is 415 g/mol. The molecule has 3 heterocycles. The van der Waals surface area contributed by atoms with Gasteiger partial charge in [-0.3, -0.25) is 0 Å². The highest BCUT2D eigenvalue weighted by molar-refractivity contribution is 7.89. The van der Waals surface area contributed by atoms with Gasteiger partial charge in [0.1, 0.15) is 10.7 Å². The van der Waals surface area contributed by atoms with E-state index < -0.39 is 15.8 Å². The highest BCUT2D eigenvalue weighted by atomic mass is 32.2. The summed E-state index contributed by atoms with van der Waals surface area (Å²) in [5.74, 6) is 0.0124. The van der Waals surface area contributed by atoms with Gasteiger partial charge in [-0.1, -0.05) is 18.2 Å². The minimum absolute atomic E-state index is 0.274. The second kappa shape index (κ2) is 7.57. The first kappa shape index (κ1) is 19.5. The lowest BCUT2D eigenvalue weighted by Gasteiger charge is -2.35. The molecule has 1 saturated heterocycles. The molecule has 0 N–H and O–H groups in total. The number of hydrogen-bond donors (Lipinski definition) is 0. The molecule has 0 radical (unpaired) electrons. The average Bonchev–Trinajstić information content (AvgIpc) is 3.03. The van der Waals surface area contributed by atoms with Crippen molar-refractivity contribution >= 4 is 15.7 Å². The first-order valence-corrected chi connectivity index (χ1v) is 10.8. The van der Waals surface area contributed by atoms with Crippen molar-refractivity contribution < 1.29 is 12.8 Å². The summed E-state index contributed by atoms with van der Waals surface area (Å²) in [7, 11) is -3.86. The Labute approximate surface area is 169 Å². The van der Waals surface area contributed by atoms with Gasteiger partial charge in [-0.2, -0.15) is 9.40 Å². The van der Waals surface area contributed by atoms with Crippen molar-refractivity contribution in [2.24, 2.45) is 0 Å². The molecular formula is C20H22FN5O2S. The molecule has 0 saturated carbocycles. The summed E-state index contributed by atoms with van der Waals surface area (Å²) in [5.41, 5.74) is 2.80. The summed E-state index contributed by atoms with van der Waals surface area (Å²) in [6.07, 6.45) is 1.72. The Kier molecular flexibility index (Phi) is 5.10. The second-order valence-electron chi connectivity index (χ2n) is 6.94. The normalized spacial score (nSPS) is 15.6. The number of anilines is 1. The zero-order valence-corrected chi connectivity index (χ0v) is 17.1. The first-order chi connectivity index (χ1) is 13.9. The summed E-state index contributed by atoms with van der Waals surface area (Å²) in [6, 6.07) is 11.1. The van der Waals surface area contributed by atoms with Gasteiger partial charge in [-0.15, -0.1) is 0 Å². The Balaban J connectivity index is 1.55. The molecule has 152 valence electrons. The van der Waals surface area contributed by atoms with Crippen LogP contribution in [-0.2, 0) is 10.0 Å². The van der Waals surface area contributed by atoms with Crippen LogP contribution in [0, 0.1) is 19.7 Å². The lowest BCUT2D eigenvalue weighted by atomic mass is 10.2. The van der Waals surface area contributed by atoms with E-state index in [1.165, 1.54) is 28.6 Å². The molecule has 0 unspecified atom stereocenters. The Morgan fingerprint density at radius 3 is 2.31 bits per heavy atom. The van der Waals surface area contributed by atoms with Crippen molar-refractivity contribution in [2.75, 3.05) is 31.1 Å². The van der Waals surface area contributed by atoms with Crippen molar-refractivity contribution in [3.63, 3.8) is 0 Å². The number of sulfonamides is 1. The molecule has 0 bridgehead atoms. The minimum Gasteiger partial charge on any atom is -0.366 e. The Bertz CT molecular complexity index is 1120. The smallest absolute Gasteiger partial charge is 0.246 e. The van der Waals surface area contributed by atoms with Gasteiger partial charge in [-0.25, -0.2) is 22.5 Å². The van der Waals surface area contributed by atoms with E-state index in [1.54, 1.807) is 10.9 Å².